The number of ether oxygens (including phenoxy) is 3. The zero-order valence-electron chi connectivity index (χ0n) is 9.12. The Balaban J connectivity index is 2.01. The Hall–Kier alpha value is -0.160. The van der Waals surface area contributed by atoms with Gasteiger partial charge in [-0.15, -0.1) is 0 Å². The summed E-state index contributed by atoms with van der Waals surface area (Å²) in [6.07, 6.45) is 3.57. The number of rotatable bonds is 6. The first-order valence-corrected chi connectivity index (χ1v) is 5.23. The molecular weight excluding hydrogens is 182 g/mol. The van der Waals surface area contributed by atoms with Crippen LogP contribution < -0.4 is 5.32 Å². The molecule has 4 nitrogen and oxygen atoms in total. The lowest BCUT2D eigenvalue weighted by molar-refractivity contribution is -0.141. The minimum Gasteiger partial charge on any atom is -0.375 e. The van der Waals surface area contributed by atoms with Crippen LogP contribution in [-0.2, 0) is 14.2 Å². The molecule has 4 heteroatoms. The maximum Gasteiger partial charge on any atom is 0.180 e. The van der Waals surface area contributed by atoms with Crippen molar-refractivity contribution in [1.29, 1.82) is 0 Å². The van der Waals surface area contributed by atoms with Crippen LogP contribution in [-0.4, -0.2) is 46.3 Å². The van der Waals surface area contributed by atoms with Crippen LogP contribution in [0.25, 0.3) is 0 Å². The lowest BCUT2D eigenvalue weighted by Crippen LogP contribution is -2.38. The van der Waals surface area contributed by atoms with Gasteiger partial charge < -0.3 is 19.5 Å². The Kier molecular flexibility index (Phi) is 6.10. The molecule has 0 saturated carbocycles. The van der Waals surface area contributed by atoms with Crippen LogP contribution in [0, 0.1) is 0 Å². The summed E-state index contributed by atoms with van der Waals surface area (Å²) in [4.78, 5) is 0. The van der Waals surface area contributed by atoms with E-state index in [0.717, 1.165) is 13.2 Å². The van der Waals surface area contributed by atoms with E-state index in [4.69, 9.17) is 14.2 Å². The van der Waals surface area contributed by atoms with Crippen molar-refractivity contribution >= 4 is 0 Å². The lowest BCUT2D eigenvalue weighted by Gasteiger charge is -2.24. The SMILES string of the molecule is COC(COCC1CCCCN1)OC. The molecule has 1 heterocycles. The Morgan fingerprint density at radius 3 is 2.64 bits per heavy atom. The predicted octanol–water partition coefficient (Wildman–Crippen LogP) is 0.764. The summed E-state index contributed by atoms with van der Waals surface area (Å²) in [6, 6.07) is 0.512. The van der Waals surface area contributed by atoms with Crippen LogP contribution in [0.5, 0.6) is 0 Å². The van der Waals surface area contributed by atoms with Gasteiger partial charge in [-0.05, 0) is 19.4 Å². The molecule has 1 aliphatic heterocycles. The van der Waals surface area contributed by atoms with Gasteiger partial charge in [-0.1, -0.05) is 6.42 Å². The Morgan fingerprint density at radius 2 is 2.07 bits per heavy atom. The number of hydrogen-bond acceptors (Lipinski definition) is 4. The maximum absolute atomic E-state index is 5.50. The van der Waals surface area contributed by atoms with E-state index < -0.39 is 0 Å². The first-order chi connectivity index (χ1) is 6.86. The van der Waals surface area contributed by atoms with E-state index in [1.54, 1.807) is 14.2 Å². The smallest absolute Gasteiger partial charge is 0.180 e. The van der Waals surface area contributed by atoms with Gasteiger partial charge in [0.1, 0.15) is 0 Å². The molecule has 1 unspecified atom stereocenters. The van der Waals surface area contributed by atoms with Crippen LogP contribution in [0.4, 0.5) is 0 Å². The number of piperidine rings is 1. The van der Waals surface area contributed by atoms with Crippen molar-refractivity contribution in [1.82, 2.24) is 5.32 Å². The van der Waals surface area contributed by atoms with Gasteiger partial charge in [0.15, 0.2) is 6.29 Å². The molecule has 0 bridgehead atoms. The molecule has 84 valence electrons. The molecule has 1 rings (SSSR count). The Morgan fingerprint density at radius 1 is 1.29 bits per heavy atom. The summed E-state index contributed by atoms with van der Waals surface area (Å²) >= 11 is 0. The molecule has 1 N–H and O–H groups in total. The van der Waals surface area contributed by atoms with Crippen molar-refractivity contribution in [3.63, 3.8) is 0 Å². The molecule has 1 aliphatic rings. The maximum atomic E-state index is 5.50. The Bertz CT molecular complexity index is 133. The average molecular weight is 203 g/mol. The third-order valence-electron chi connectivity index (χ3n) is 2.51. The highest BCUT2D eigenvalue weighted by Crippen LogP contribution is 2.07. The molecule has 0 aliphatic carbocycles. The molecule has 0 aromatic carbocycles. The number of nitrogens with one attached hydrogen (secondary N) is 1. The van der Waals surface area contributed by atoms with Gasteiger partial charge >= 0.3 is 0 Å². The predicted molar refractivity (Wildman–Crippen MR) is 54.3 cm³/mol. The summed E-state index contributed by atoms with van der Waals surface area (Å²) in [7, 11) is 3.24. The first-order valence-electron chi connectivity index (χ1n) is 5.23. The average Bonchev–Trinajstić information content (AvgIpc) is 2.26. The highest BCUT2D eigenvalue weighted by molar-refractivity contribution is 4.71. The van der Waals surface area contributed by atoms with Crippen molar-refractivity contribution in [2.45, 2.75) is 31.6 Å². The number of methoxy groups -OCH3 is 2. The number of hydrogen-bond donors (Lipinski definition) is 1. The van der Waals surface area contributed by atoms with E-state index in [-0.39, 0.29) is 6.29 Å². The van der Waals surface area contributed by atoms with Crippen LogP contribution in [0.1, 0.15) is 19.3 Å². The van der Waals surface area contributed by atoms with Crippen LogP contribution in [0.3, 0.4) is 0 Å². The molecule has 0 aromatic heterocycles. The fraction of sp³-hybridized carbons (Fsp3) is 1.00. The van der Waals surface area contributed by atoms with Crippen molar-refractivity contribution in [3.05, 3.63) is 0 Å². The second-order valence-corrected chi connectivity index (χ2v) is 3.59. The van der Waals surface area contributed by atoms with Gasteiger partial charge in [0.05, 0.1) is 13.2 Å². The van der Waals surface area contributed by atoms with Gasteiger partial charge in [0.2, 0.25) is 0 Å². The monoisotopic (exact) mass is 203 g/mol. The van der Waals surface area contributed by atoms with E-state index >= 15 is 0 Å². The van der Waals surface area contributed by atoms with Crippen LogP contribution in [0.15, 0.2) is 0 Å². The molecule has 0 spiro atoms. The minimum absolute atomic E-state index is 0.237. The minimum atomic E-state index is -0.237. The largest absolute Gasteiger partial charge is 0.375 e. The molecule has 14 heavy (non-hydrogen) atoms. The van der Waals surface area contributed by atoms with Gasteiger partial charge in [0.25, 0.3) is 0 Å². The van der Waals surface area contributed by atoms with E-state index in [2.05, 4.69) is 5.32 Å². The third kappa shape index (κ3) is 4.37. The van der Waals surface area contributed by atoms with Crippen molar-refractivity contribution < 1.29 is 14.2 Å². The van der Waals surface area contributed by atoms with E-state index in [9.17, 15) is 0 Å². The zero-order valence-corrected chi connectivity index (χ0v) is 9.12. The fourth-order valence-corrected chi connectivity index (χ4v) is 1.61. The lowest BCUT2D eigenvalue weighted by atomic mass is 10.1. The van der Waals surface area contributed by atoms with Gasteiger partial charge in [0, 0.05) is 20.3 Å². The summed E-state index contributed by atoms with van der Waals surface area (Å²) < 4.78 is 15.5. The van der Waals surface area contributed by atoms with Gasteiger partial charge in [-0.2, -0.15) is 0 Å². The molecule has 0 amide bonds. The van der Waals surface area contributed by atoms with Crippen molar-refractivity contribution in [2.24, 2.45) is 0 Å². The van der Waals surface area contributed by atoms with E-state index in [1.165, 1.54) is 19.3 Å². The van der Waals surface area contributed by atoms with Gasteiger partial charge in [-0.25, -0.2) is 0 Å². The van der Waals surface area contributed by atoms with Crippen LogP contribution >= 0.6 is 0 Å². The third-order valence-corrected chi connectivity index (χ3v) is 2.51. The molecule has 1 fully saturated rings. The molecule has 0 aromatic rings. The summed E-state index contributed by atoms with van der Waals surface area (Å²) in [6.45, 7) is 2.38. The van der Waals surface area contributed by atoms with Crippen LogP contribution in [0.2, 0.25) is 0 Å². The van der Waals surface area contributed by atoms with Gasteiger partial charge in [-0.3, -0.25) is 0 Å². The summed E-state index contributed by atoms with van der Waals surface area (Å²) in [5, 5.41) is 3.42. The van der Waals surface area contributed by atoms with Crippen molar-refractivity contribution in [2.75, 3.05) is 34.0 Å². The summed E-state index contributed by atoms with van der Waals surface area (Å²) in [5.41, 5.74) is 0. The first kappa shape index (κ1) is 11.9. The second-order valence-electron chi connectivity index (χ2n) is 3.59. The second kappa shape index (κ2) is 7.17. The highest BCUT2D eigenvalue weighted by atomic mass is 16.7. The highest BCUT2D eigenvalue weighted by Gasteiger charge is 2.13. The molecule has 1 atom stereocenters. The summed E-state index contributed by atoms with van der Waals surface area (Å²) in [5.74, 6) is 0. The topological polar surface area (TPSA) is 39.7 Å². The van der Waals surface area contributed by atoms with Crippen molar-refractivity contribution in [3.8, 4) is 0 Å². The molecular formula is C10H21NO3. The van der Waals surface area contributed by atoms with E-state index in [1.807, 2.05) is 0 Å². The molecule has 0 radical (unpaired) electrons. The standard InChI is InChI=1S/C10H21NO3/c1-12-10(13-2)8-14-7-9-5-3-4-6-11-9/h9-11H,3-8H2,1-2H3. The normalized spacial score (nSPS) is 22.9. The molecule has 1 saturated heterocycles. The fourth-order valence-electron chi connectivity index (χ4n) is 1.61. The quantitative estimate of drug-likeness (QED) is 0.647. The Labute approximate surface area is 85.9 Å². The van der Waals surface area contributed by atoms with E-state index in [0.29, 0.717) is 12.6 Å². The zero-order chi connectivity index (χ0) is 10.2.